The maximum absolute atomic E-state index is 9.37. The van der Waals surface area contributed by atoms with E-state index in [1.165, 1.54) is 19.3 Å². The first kappa shape index (κ1) is 14.0. The Kier molecular flexibility index (Phi) is 5.98. The second kappa shape index (κ2) is 7.28. The highest BCUT2D eigenvalue weighted by atomic mass is 16.3. The van der Waals surface area contributed by atoms with Gasteiger partial charge in [-0.3, -0.25) is 4.98 Å². The van der Waals surface area contributed by atoms with E-state index in [0.29, 0.717) is 6.04 Å². The van der Waals surface area contributed by atoms with Crippen molar-refractivity contribution >= 4 is 5.69 Å². The molecule has 1 aromatic rings. The van der Waals surface area contributed by atoms with Gasteiger partial charge in [0.15, 0.2) is 0 Å². The van der Waals surface area contributed by atoms with Crippen molar-refractivity contribution < 1.29 is 5.11 Å². The minimum atomic E-state index is 0.0782. The lowest BCUT2D eigenvalue weighted by Gasteiger charge is -2.30. The van der Waals surface area contributed by atoms with Crippen LogP contribution in [0.1, 0.15) is 45.6 Å². The highest BCUT2D eigenvalue weighted by molar-refractivity contribution is 5.52. The monoisotopic (exact) mass is 236 g/mol. The number of hydrogen-bond acceptors (Lipinski definition) is 3. The van der Waals surface area contributed by atoms with Crippen molar-refractivity contribution in [3.63, 3.8) is 0 Å². The number of aliphatic hydroxyl groups is 1. The van der Waals surface area contributed by atoms with Crippen molar-refractivity contribution in [2.45, 2.75) is 52.7 Å². The quantitative estimate of drug-likeness (QED) is 0.739. The molecule has 0 bridgehead atoms. The molecule has 1 N–H and O–H groups in total. The first-order chi connectivity index (χ1) is 8.20. The topological polar surface area (TPSA) is 36.4 Å². The first-order valence-corrected chi connectivity index (χ1v) is 6.51. The number of hydrogen-bond donors (Lipinski definition) is 1. The minimum Gasteiger partial charge on any atom is -0.392 e. The third-order valence-electron chi connectivity index (χ3n) is 2.99. The van der Waals surface area contributed by atoms with Gasteiger partial charge in [0.2, 0.25) is 0 Å². The molecule has 0 saturated carbocycles. The summed E-state index contributed by atoms with van der Waals surface area (Å²) in [6.07, 6.45) is 7.26. The van der Waals surface area contributed by atoms with Gasteiger partial charge in [0.05, 0.1) is 18.5 Å². The average Bonchev–Trinajstić information content (AvgIpc) is 2.34. The summed E-state index contributed by atoms with van der Waals surface area (Å²) in [6, 6.07) is 2.33. The lowest BCUT2D eigenvalue weighted by Crippen LogP contribution is -2.32. The lowest BCUT2D eigenvalue weighted by molar-refractivity contribution is 0.281. The minimum absolute atomic E-state index is 0.0782. The molecule has 3 heteroatoms. The molecule has 0 aromatic carbocycles. The van der Waals surface area contributed by atoms with E-state index in [1.54, 1.807) is 6.20 Å². The Labute approximate surface area is 104 Å². The van der Waals surface area contributed by atoms with Gasteiger partial charge in [-0.05, 0) is 26.3 Å². The highest BCUT2D eigenvalue weighted by Crippen LogP contribution is 2.22. The van der Waals surface area contributed by atoms with Gasteiger partial charge in [-0.1, -0.05) is 19.8 Å². The Morgan fingerprint density at radius 3 is 2.71 bits per heavy atom. The van der Waals surface area contributed by atoms with Crippen LogP contribution >= 0.6 is 0 Å². The van der Waals surface area contributed by atoms with Gasteiger partial charge in [-0.25, -0.2) is 0 Å². The third kappa shape index (κ3) is 4.00. The summed E-state index contributed by atoms with van der Waals surface area (Å²) in [5, 5.41) is 9.37. The fourth-order valence-electron chi connectivity index (χ4n) is 2.00. The summed E-state index contributed by atoms with van der Waals surface area (Å²) < 4.78 is 0. The summed E-state index contributed by atoms with van der Waals surface area (Å²) in [7, 11) is 0. The molecule has 0 fully saturated rings. The van der Waals surface area contributed by atoms with Crippen molar-refractivity contribution in [2.24, 2.45) is 0 Å². The number of unbranched alkanes of at least 4 members (excludes halogenated alkanes) is 2. The van der Waals surface area contributed by atoms with Crippen LogP contribution in [0.3, 0.4) is 0 Å². The SMILES string of the molecule is CCCCCN(c1cnccc1CO)C(C)C. The molecule has 0 atom stereocenters. The molecule has 0 spiro atoms. The van der Waals surface area contributed by atoms with Crippen LogP contribution in [0.5, 0.6) is 0 Å². The fraction of sp³-hybridized carbons (Fsp3) is 0.643. The molecule has 0 unspecified atom stereocenters. The number of anilines is 1. The normalized spacial score (nSPS) is 10.9. The molecule has 0 saturated heterocycles. The highest BCUT2D eigenvalue weighted by Gasteiger charge is 2.13. The Balaban J connectivity index is 2.81. The molecule has 0 radical (unpaired) electrons. The molecule has 1 heterocycles. The molecule has 0 amide bonds. The molecule has 1 rings (SSSR count). The number of aliphatic hydroxyl groups excluding tert-OH is 1. The zero-order chi connectivity index (χ0) is 12.7. The molecule has 0 aliphatic heterocycles. The second-order valence-corrected chi connectivity index (χ2v) is 4.66. The van der Waals surface area contributed by atoms with E-state index >= 15 is 0 Å². The van der Waals surface area contributed by atoms with Crippen LogP contribution in [0.25, 0.3) is 0 Å². The predicted molar refractivity (Wildman–Crippen MR) is 72.2 cm³/mol. The van der Waals surface area contributed by atoms with E-state index in [2.05, 4.69) is 30.7 Å². The van der Waals surface area contributed by atoms with E-state index < -0.39 is 0 Å². The van der Waals surface area contributed by atoms with Gasteiger partial charge in [0.25, 0.3) is 0 Å². The van der Waals surface area contributed by atoms with Crippen LogP contribution in [0.4, 0.5) is 5.69 Å². The molecule has 17 heavy (non-hydrogen) atoms. The van der Waals surface area contributed by atoms with Gasteiger partial charge in [-0.2, -0.15) is 0 Å². The van der Waals surface area contributed by atoms with Crippen LogP contribution < -0.4 is 4.90 Å². The largest absolute Gasteiger partial charge is 0.392 e. The standard InChI is InChI=1S/C14H24N2O/c1-4-5-6-9-16(12(2)3)14-10-15-8-7-13(14)11-17/h7-8,10,12,17H,4-6,9,11H2,1-3H3. The number of aromatic nitrogens is 1. The number of nitrogens with zero attached hydrogens (tertiary/aromatic N) is 2. The lowest BCUT2D eigenvalue weighted by atomic mass is 10.1. The summed E-state index contributed by atoms with van der Waals surface area (Å²) in [6.45, 7) is 7.68. The smallest absolute Gasteiger partial charge is 0.0703 e. The Morgan fingerprint density at radius 2 is 2.12 bits per heavy atom. The zero-order valence-corrected chi connectivity index (χ0v) is 11.2. The van der Waals surface area contributed by atoms with Crippen molar-refractivity contribution in [1.29, 1.82) is 0 Å². The van der Waals surface area contributed by atoms with Crippen LogP contribution in [0.15, 0.2) is 18.5 Å². The first-order valence-electron chi connectivity index (χ1n) is 6.51. The molecule has 1 aromatic heterocycles. The van der Waals surface area contributed by atoms with E-state index in [9.17, 15) is 5.11 Å². The van der Waals surface area contributed by atoms with Crippen molar-refractivity contribution in [3.05, 3.63) is 24.0 Å². The van der Waals surface area contributed by atoms with E-state index in [4.69, 9.17) is 0 Å². The summed E-state index contributed by atoms with van der Waals surface area (Å²) >= 11 is 0. The average molecular weight is 236 g/mol. The van der Waals surface area contributed by atoms with E-state index in [0.717, 1.165) is 17.8 Å². The Bertz CT molecular complexity index is 326. The third-order valence-corrected chi connectivity index (χ3v) is 2.99. The zero-order valence-electron chi connectivity index (χ0n) is 11.2. The van der Waals surface area contributed by atoms with Gasteiger partial charge >= 0.3 is 0 Å². The van der Waals surface area contributed by atoms with Gasteiger partial charge in [0.1, 0.15) is 0 Å². The molecule has 3 nitrogen and oxygen atoms in total. The molecular formula is C14H24N2O. The second-order valence-electron chi connectivity index (χ2n) is 4.66. The fourth-order valence-corrected chi connectivity index (χ4v) is 2.00. The van der Waals surface area contributed by atoms with Crippen molar-refractivity contribution in [3.8, 4) is 0 Å². The van der Waals surface area contributed by atoms with Crippen LogP contribution in [-0.2, 0) is 6.61 Å². The molecule has 96 valence electrons. The van der Waals surface area contributed by atoms with Gasteiger partial charge < -0.3 is 10.0 Å². The van der Waals surface area contributed by atoms with Crippen LogP contribution in [0, 0.1) is 0 Å². The van der Waals surface area contributed by atoms with Crippen LogP contribution in [-0.4, -0.2) is 22.7 Å². The van der Waals surface area contributed by atoms with Gasteiger partial charge in [0, 0.05) is 24.3 Å². The predicted octanol–water partition coefficient (Wildman–Crippen LogP) is 2.98. The Morgan fingerprint density at radius 1 is 1.35 bits per heavy atom. The maximum atomic E-state index is 9.37. The number of rotatable bonds is 7. The van der Waals surface area contributed by atoms with E-state index in [1.807, 2.05) is 12.3 Å². The van der Waals surface area contributed by atoms with Crippen molar-refractivity contribution in [2.75, 3.05) is 11.4 Å². The van der Waals surface area contributed by atoms with E-state index in [-0.39, 0.29) is 6.61 Å². The summed E-state index contributed by atoms with van der Waals surface area (Å²) in [5.41, 5.74) is 2.03. The maximum Gasteiger partial charge on any atom is 0.0703 e. The molecular weight excluding hydrogens is 212 g/mol. The van der Waals surface area contributed by atoms with Crippen LogP contribution in [0.2, 0.25) is 0 Å². The Hall–Kier alpha value is -1.09. The van der Waals surface area contributed by atoms with Crippen molar-refractivity contribution in [1.82, 2.24) is 4.98 Å². The van der Waals surface area contributed by atoms with Gasteiger partial charge in [-0.15, -0.1) is 0 Å². The number of pyridine rings is 1. The summed E-state index contributed by atoms with van der Waals surface area (Å²) in [5.74, 6) is 0. The molecule has 0 aliphatic carbocycles. The molecule has 0 aliphatic rings. The summed E-state index contributed by atoms with van der Waals surface area (Å²) in [4.78, 5) is 6.50.